The van der Waals surface area contributed by atoms with Gasteiger partial charge >= 0.3 is 12.2 Å². The number of aliphatic imine (C=N–C) groups is 1. The number of para-hydroxylation sites is 2. The summed E-state index contributed by atoms with van der Waals surface area (Å²) in [6, 6.07) is 21.2. The summed E-state index contributed by atoms with van der Waals surface area (Å²) in [6.07, 6.45) is -0.499. The second kappa shape index (κ2) is 9.12. The van der Waals surface area contributed by atoms with Crippen LogP contribution in [0.1, 0.15) is 5.56 Å². The number of imide groups is 1. The highest BCUT2D eigenvalue weighted by Gasteiger charge is 2.29. The summed E-state index contributed by atoms with van der Waals surface area (Å²) in [5, 5.41) is 0. The first-order valence-corrected chi connectivity index (χ1v) is 8.61. The Morgan fingerprint density at radius 2 is 1.34 bits per heavy atom. The maximum absolute atomic E-state index is 12.9. The molecule has 3 aromatic rings. The fourth-order valence-electron chi connectivity index (χ4n) is 2.50. The zero-order chi connectivity index (χ0) is 20.6. The summed E-state index contributed by atoms with van der Waals surface area (Å²) in [7, 11) is 0. The van der Waals surface area contributed by atoms with Crippen molar-refractivity contribution in [2.24, 2.45) is 4.99 Å². The van der Waals surface area contributed by atoms with Gasteiger partial charge in [-0.1, -0.05) is 42.5 Å². The van der Waals surface area contributed by atoms with E-state index < -0.39 is 12.2 Å². The number of hydrogen-bond acceptors (Lipinski definition) is 6. The van der Waals surface area contributed by atoms with Crippen LogP contribution in [-0.2, 0) is 4.79 Å². The van der Waals surface area contributed by atoms with Gasteiger partial charge in [-0.05, 0) is 48.9 Å². The largest absolute Gasteiger partial charge is 0.429 e. The van der Waals surface area contributed by atoms with Gasteiger partial charge < -0.3 is 9.47 Å². The Morgan fingerprint density at radius 1 is 0.828 bits per heavy atom. The molecule has 0 saturated heterocycles. The highest BCUT2D eigenvalue weighted by molar-refractivity contribution is 6.11. The molecule has 0 aromatic heterocycles. The van der Waals surface area contributed by atoms with Crippen molar-refractivity contribution in [2.45, 2.75) is 6.92 Å². The fourth-order valence-corrected chi connectivity index (χ4v) is 2.50. The molecule has 29 heavy (non-hydrogen) atoms. The number of carbonyl (C=O) groups excluding carboxylic acids is 3. The molecule has 7 nitrogen and oxygen atoms in total. The van der Waals surface area contributed by atoms with E-state index in [1.165, 1.54) is 12.1 Å². The molecule has 2 amide bonds. The lowest BCUT2D eigenvalue weighted by atomic mass is 10.1. The van der Waals surface area contributed by atoms with E-state index in [9.17, 15) is 14.4 Å². The average molecular weight is 388 g/mol. The number of benzene rings is 3. The average Bonchev–Trinajstić information content (AvgIpc) is 2.72. The molecule has 0 N–H and O–H groups in total. The van der Waals surface area contributed by atoms with E-state index >= 15 is 0 Å². The molecule has 0 spiro atoms. The van der Waals surface area contributed by atoms with E-state index in [0.29, 0.717) is 5.56 Å². The van der Waals surface area contributed by atoms with Crippen LogP contribution in [0.2, 0.25) is 0 Å². The van der Waals surface area contributed by atoms with Gasteiger partial charge in [-0.2, -0.15) is 9.89 Å². The SMILES string of the molecule is Cc1ccc(N=C=O)cc1N(C(=O)Oc1ccccc1)C(=O)Oc1ccccc1. The smallest absolute Gasteiger partial charge is 0.410 e. The molecule has 0 aliphatic heterocycles. The number of ether oxygens (including phenoxy) is 2. The summed E-state index contributed by atoms with van der Waals surface area (Å²) >= 11 is 0. The normalized spacial score (nSPS) is 9.83. The van der Waals surface area contributed by atoms with Gasteiger partial charge in [0.2, 0.25) is 6.08 Å². The molecule has 0 bridgehead atoms. The third-order valence-corrected chi connectivity index (χ3v) is 3.87. The first kappa shape index (κ1) is 19.5. The number of carbonyl (C=O) groups is 2. The summed E-state index contributed by atoms with van der Waals surface area (Å²) < 4.78 is 10.6. The standard InChI is InChI=1S/C22H16N2O5/c1-16-12-13-17(23-15-25)14-20(16)24(21(26)28-18-8-4-2-5-9-18)22(27)29-19-10-6-3-7-11-19/h2-14H,1H3. The van der Waals surface area contributed by atoms with Gasteiger partial charge in [0.05, 0.1) is 11.4 Å². The lowest BCUT2D eigenvalue weighted by Gasteiger charge is -2.21. The van der Waals surface area contributed by atoms with Crippen LogP contribution in [0.5, 0.6) is 11.5 Å². The second-order valence-corrected chi connectivity index (χ2v) is 5.87. The van der Waals surface area contributed by atoms with E-state index in [1.54, 1.807) is 79.7 Å². The number of nitrogens with zero attached hydrogens (tertiary/aromatic N) is 2. The maximum Gasteiger partial charge on any atom is 0.429 e. The molecule has 0 radical (unpaired) electrons. The Bertz CT molecular complexity index is 1010. The van der Waals surface area contributed by atoms with Gasteiger partial charge in [0.1, 0.15) is 11.5 Å². The quantitative estimate of drug-likeness (QED) is 0.455. The summed E-state index contributed by atoms with van der Waals surface area (Å²) in [4.78, 5) is 40.6. The lowest BCUT2D eigenvalue weighted by molar-refractivity contribution is 0.190. The van der Waals surface area contributed by atoms with Crippen LogP contribution in [0, 0.1) is 6.92 Å². The highest BCUT2D eigenvalue weighted by atomic mass is 16.6. The molecule has 0 heterocycles. The van der Waals surface area contributed by atoms with Crippen LogP contribution in [-0.4, -0.2) is 18.3 Å². The summed E-state index contributed by atoms with van der Waals surface area (Å²) in [5.41, 5.74) is 0.971. The Hall–Kier alpha value is -4.22. The van der Waals surface area contributed by atoms with Crippen LogP contribution < -0.4 is 14.4 Å². The number of rotatable bonds is 4. The third-order valence-electron chi connectivity index (χ3n) is 3.87. The van der Waals surface area contributed by atoms with Crippen molar-refractivity contribution in [3.63, 3.8) is 0 Å². The number of amides is 2. The van der Waals surface area contributed by atoms with Crippen molar-refractivity contribution in [3.05, 3.63) is 84.4 Å². The first-order valence-electron chi connectivity index (χ1n) is 8.61. The van der Waals surface area contributed by atoms with Crippen LogP contribution >= 0.6 is 0 Å². The highest BCUT2D eigenvalue weighted by Crippen LogP contribution is 2.28. The molecule has 0 atom stereocenters. The van der Waals surface area contributed by atoms with Crippen molar-refractivity contribution < 1.29 is 23.9 Å². The van der Waals surface area contributed by atoms with Crippen LogP contribution in [0.15, 0.2) is 83.9 Å². The molecule has 7 heteroatoms. The molecule has 3 aromatic carbocycles. The lowest BCUT2D eigenvalue weighted by Crippen LogP contribution is -2.41. The second-order valence-electron chi connectivity index (χ2n) is 5.87. The van der Waals surface area contributed by atoms with E-state index in [1.807, 2.05) is 0 Å². The number of hydrogen-bond donors (Lipinski definition) is 0. The van der Waals surface area contributed by atoms with E-state index in [-0.39, 0.29) is 22.9 Å². The topological polar surface area (TPSA) is 85.3 Å². The van der Waals surface area contributed by atoms with E-state index in [4.69, 9.17) is 9.47 Å². The van der Waals surface area contributed by atoms with Gasteiger partial charge in [0, 0.05) is 0 Å². The minimum Gasteiger partial charge on any atom is -0.410 e. The molecule has 0 unspecified atom stereocenters. The monoisotopic (exact) mass is 388 g/mol. The zero-order valence-electron chi connectivity index (χ0n) is 15.4. The third kappa shape index (κ3) is 4.94. The fraction of sp³-hybridized carbons (Fsp3) is 0.0455. The molecule has 0 aliphatic rings. The van der Waals surface area contributed by atoms with Gasteiger partial charge in [0.25, 0.3) is 0 Å². The minimum absolute atomic E-state index is 0.170. The predicted molar refractivity (Wildman–Crippen MR) is 106 cm³/mol. The summed E-state index contributed by atoms with van der Waals surface area (Å²) in [5.74, 6) is 0.518. The number of aryl methyl sites for hydroxylation is 1. The molecule has 3 rings (SSSR count). The zero-order valence-corrected chi connectivity index (χ0v) is 15.4. The summed E-state index contributed by atoms with van der Waals surface area (Å²) in [6.45, 7) is 1.70. The van der Waals surface area contributed by atoms with Crippen LogP contribution in [0.4, 0.5) is 21.0 Å². The van der Waals surface area contributed by atoms with Crippen molar-refractivity contribution in [1.82, 2.24) is 0 Å². The Labute approximate surface area is 166 Å². The number of isocyanates is 1. The van der Waals surface area contributed by atoms with Crippen LogP contribution in [0.3, 0.4) is 0 Å². The maximum atomic E-state index is 12.9. The molecule has 0 saturated carbocycles. The van der Waals surface area contributed by atoms with Crippen molar-refractivity contribution >= 4 is 29.6 Å². The molecule has 144 valence electrons. The number of anilines is 1. The van der Waals surface area contributed by atoms with Gasteiger partial charge in [-0.25, -0.2) is 14.4 Å². The van der Waals surface area contributed by atoms with E-state index in [0.717, 1.165) is 4.90 Å². The van der Waals surface area contributed by atoms with Crippen LogP contribution in [0.25, 0.3) is 0 Å². The molecular formula is C22H16N2O5. The van der Waals surface area contributed by atoms with Gasteiger partial charge in [-0.15, -0.1) is 0 Å². The molecule has 0 aliphatic carbocycles. The molecule has 0 fully saturated rings. The predicted octanol–water partition coefficient (Wildman–Crippen LogP) is 5.17. The van der Waals surface area contributed by atoms with E-state index in [2.05, 4.69) is 4.99 Å². The van der Waals surface area contributed by atoms with Crippen molar-refractivity contribution in [1.29, 1.82) is 0 Å². The van der Waals surface area contributed by atoms with Crippen molar-refractivity contribution in [2.75, 3.05) is 4.90 Å². The van der Waals surface area contributed by atoms with Gasteiger partial charge in [-0.3, -0.25) is 0 Å². The first-order chi connectivity index (χ1) is 14.1. The Balaban J connectivity index is 1.99. The van der Waals surface area contributed by atoms with Crippen molar-refractivity contribution in [3.8, 4) is 11.5 Å². The van der Waals surface area contributed by atoms with Gasteiger partial charge in [0.15, 0.2) is 0 Å². The molecular weight excluding hydrogens is 372 g/mol. The minimum atomic E-state index is -0.965. The Morgan fingerprint density at radius 3 is 1.83 bits per heavy atom. The Kier molecular flexibility index (Phi) is 6.15.